The zero-order valence-corrected chi connectivity index (χ0v) is 24.5. The van der Waals surface area contributed by atoms with Crippen LogP contribution in [0.4, 0.5) is 11.6 Å². The molecule has 1 aliphatic heterocycles. The maximum atomic E-state index is 12.9. The Morgan fingerprint density at radius 1 is 0.810 bits per heavy atom. The highest BCUT2D eigenvalue weighted by molar-refractivity contribution is 7.92. The average Bonchev–Trinajstić information content (AvgIpc) is 2.98. The van der Waals surface area contributed by atoms with Gasteiger partial charge in [0, 0.05) is 55.9 Å². The van der Waals surface area contributed by atoms with Crippen LogP contribution in [0.3, 0.4) is 0 Å². The van der Waals surface area contributed by atoms with E-state index in [1.807, 2.05) is 12.1 Å². The fourth-order valence-corrected chi connectivity index (χ4v) is 6.88. The number of nitrogens with zero attached hydrogens (tertiary/aromatic N) is 4. The van der Waals surface area contributed by atoms with Crippen LogP contribution in [0.5, 0.6) is 0 Å². The summed E-state index contributed by atoms with van der Waals surface area (Å²) in [6, 6.07) is 23.1. The van der Waals surface area contributed by atoms with Crippen molar-refractivity contribution >= 4 is 37.6 Å². The fraction of sp³-hybridized carbons (Fsp3) is 0.207. The van der Waals surface area contributed by atoms with E-state index in [-0.39, 0.29) is 16.8 Å². The molecule has 0 unspecified atom stereocenters. The van der Waals surface area contributed by atoms with Gasteiger partial charge in [-0.3, -0.25) is 9.69 Å². The summed E-state index contributed by atoms with van der Waals surface area (Å²) in [7, 11) is -7.39. The summed E-state index contributed by atoms with van der Waals surface area (Å²) in [5.41, 5.74) is 2.53. The lowest BCUT2D eigenvalue weighted by molar-refractivity contribution is 0.102. The SMILES string of the molecule is Cc1ccnc(NS(=O)(=O)c2ccc(NC(=O)c3ccc(CN4CCN(S(=O)(=O)c5ccccc5)CC4)cc3)cc2)n1. The largest absolute Gasteiger partial charge is 0.322 e. The summed E-state index contributed by atoms with van der Waals surface area (Å²) >= 11 is 0. The molecule has 5 rings (SSSR count). The number of aryl methyl sites for hydroxylation is 1. The first-order valence-corrected chi connectivity index (χ1v) is 16.1. The third kappa shape index (κ3) is 6.99. The van der Waals surface area contributed by atoms with Gasteiger partial charge in [-0.05, 0) is 67.1 Å². The van der Waals surface area contributed by atoms with Crippen LogP contribution in [0, 0.1) is 6.92 Å². The Bertz CT molecular complexity index is 1760. The predicted molar refractivity (Wildman–Crippen MR) is 159 cm³/mol. The van der Waals surface area contributed by atoms with Gasteiger partial charge in [0.1, 0.15) is 0 Å². The van der Waals surface area contributed by atoms with Crippen LogP contribution in [0.15, 0.2) is 101 Å². The summed E-state index contributed by atoms with van der Waals surface area (Å²) in [6.45, 7) is 4.40. The quantitative estimate of drug-likeness (QED) is 0.296. The van der Waals surface area contributed by atoms with Crippen molar-refractivity contribution < 1.29 is 21.6 Å². The highest BCUT2D eigenvalue weighted by atomic mass is 32.2. The number of rotatable bonds is 9. The summed E-state index contributed by atoms with van der Waals surface area (Å²) in [6.07, 6.45) is 1.47. The zero-order chi connectivity index (χ0) is 29.7. The highest BCUT2D eigenvalue weighted by Gasteiger charge is 2.28. The van der Waals surface area contributed by atoms with Gasteiger partial charge in [-0.15, -0.1) is 0 Å². The average molecular weight is 607 g/mol. The number of benzene rings is 3. The standard InChI is InChI=1S/C29H30N6O5S2/c1-22-15-16-30-29(31-22)33-41(37,38)26-13-11-25(12-14-26)32-28(36)24-9-7-23(8-10-24)21-34-17-19-35(20-18-34)42(39,40)27-5-3-2-4-6-27/h2-16H,17-21H2,1H3,(H,32,36)(H,30,31,33). The van der Waals surface area contributed by atoms with Crippen molar-refractivity contribution in [3.63, 3.8) is 0 Å². The number of nitrogens with one attached hydrogen (secondary N) is 2. The third-order valence-electron chi connectivity index (χ3n) is 6.78. The molecule has 1 fully saturated rings. The zero-order valence-electron chi connectivity index (χ0n) is 22.8. The lowest BCUT2D eigenvalue weighted by Crippen LogP contribution is -2.48. The van der Waals surface area contributed by atoms with E-state index >= 15 is 0 Å². The molecule has 11 nitrogen and oxygen atoms in total. The molecule has 2 heterocycles. The van der Waals surface area contributed by atoms with E-state index in [9.17, 15) is 21.6 Å². The molecule has 1 aliphatic rings. The van der Waals surface area contributed by atoms with Crippen LogP contribution in [0.2, 0.25) is 0 Å². The van der Waals surface area contributed by atoms with Crippen molar-refractivity contribution in [2.24, 2.45) is 0 Å². The normalized spacial score (nSPS) is 14.8. The van der Waals surface area contributed by atoms with Crippen molar-refractivity contribution in [2.75, 3.05) is 36.2 Å². The molecule has 0 radical (unpaired) electrons. The number of hydrogen-bond donors (Lipinski definition) is 2. The Morgan fingerprint density at radius 2 is 1.48 bits per heavy atom. The minimum Gasteiger partial charge on any atom is -0.322 e. The molecule has 1 aromatic heterocycles. The number of aromatic nitrogens is 2. The van der Waals surface area contributed by atoms with Gasteiger partial charge in [-0.2, -0.15) is 4.31 Å². The Labute approximate surface area is 245 Å². The molecule has 218 valence electrons. The van der Waals surface area contributed by atoms with Gasteiger partial charge in [0.15, 0.2) is 0 Å². The van der Waals surface area contributed by atoms with Gasteiger partial charge >= 0.3 is 0 Å². The van der Waals surface area contributed by atoms with E-state index in [4.69, 9.17) is 0 Å². The number of carbonyl (C=O) groups is 1. The maximum absolute atomic E-state index is 12.9. The lowest BCUT2D eigenvalue weighted by atomic mass is 10.1. The second-order valence-corrected chi connectivity index (χ2v) is 13.4. The number of carbonyl (C=O) groups excluding carboxylic acids is 1. The summed E-state index contributed by atoms with van der Waals surface area (Å²) in [5.74, 6) is -0.350. The monoisotopic (exact) mass is 606 g/mol. The second kappa shape index (κ2) is 12.4. The van der Waals surface area contributed by atoms with Gasteiger partial charge < -0.3 is 5.32 Å². The molecule has 0 saturated carbocycles. The molecule has 1 saturated heterocycles. The van der Waals surface area contributed by atoms with Crippen LogP contribution >= 0.6 is 0 Å². The molecule has 0 aliphatic carbocycles. The van der Waals surface area contributed by atoms with Gasteiger partial charge in [0.05, 0.1) is 9.79 Å². The van der Waals surface area contributed by atoms with Crippen molar-refractivity contribution in [2.45, 2.75) is 23.3 Å². The topological polar surface area (TPSA) is 142 Å². The smallest absolute Gasteiger partial charge is 0.264 e. The first-order chi connectivity index (χ1) is 20.1. The molecule has 1 amide bonds. The van der Waals surface area contributed by atoms with Gasteiger partial charge in [-0.1, -0.05) is 30.3 Å². The minimum absolute atomic E-state index is 0.00783. The summed E-state index contributed by atoms with van der Waals surface area (Å²) in [4.78, 5) is 23.2. The first kappa shape index (κ1) is 29.3. The van der Waals surface area contributed by atoms with E-state index in [2.05, 4.69) is 24.9 Å². The molecule has 13 heteroatoms. The van der Waals surface area contributed by atoms with E-state index in [1.165, 1.54) is 34.8 Å². The summed E-state index contributed by atoms with van der Waals surface area (Å²) in [5, 5.41) is 2.78. The van der Waals surface area contributed by atoms with Crippen LogP contribution < -0.4 is 10.0 Å². The molecule has 2 N–H and O–H groups in total. The number of sulfonamides is 2. The second-order valence-electron chi connectivity index (χ2n) is 9.80. The van der Waals surface area contributed by atoms with Gasteiger partial charge in [-0.25, -0.2) is 31.5 Å². The van der Waals surface area contributed by atoms with Crippen LogP contribution in [-0.4, -0.2) is 68.1 Å². The number of amides is 1. The molecular weight excluding hydrogens is 576 g/mol. The minimum atomic E-state index is -3.89. The Kier molecular flexibility index (Phi) is 8.64. The first-order valence-electron chi connectivity index (χ1n) is 13.2. The van der Waals surface area contributed by atoms with Crippen molar-refractivity contribution in [1.82, 2.24) is 19.2 Å². The molecule has 3 aromatic carbocycles. The van der Waals surface area contributed by atoms with Crippen LogP contribution in [-0.2, 0) is 26.6 Å². The molecule has 0 bridgehead atoms. The Hall–Kier alpha value is -4.17. The Morgan fingerprint density at radius 3 is 2.12 bits per heavy atom. The number of piperazine rings is 1. The van der Waals surface area contributed by atoms with Crippen LogP contribution in [0.1, 0.15) is 21.6 Å². The predicted octanol–water partition coefficient (Wildman–Crippen LogP) is 3.34. The number of hydrogen-bond acceptors (Lipinski definition) is 8. The molecule has 0 atom stereocenters. The number of anilines is 2. The van der Waals surface area contributed by atoms with E-state index in [0.29, 0.717) is 54.6 Å². The third-order valence-corrected chi connectivity index (χ3v) is 10.0. The molecule has 0 spiro atoms. The highest BCUT2D eigenvalue weighted by Crippen LogP contribution is 2.20. The van der Waals surface area contributed by atoms with Crippen molar-refractivity contribution in [3.05, 3.63) is 108 Å². The van der Waals surface area contributed by atoms with Crippen LogP contribution in [0.25, 0.3) is 0 Å². The van der Waals surface area contributed by atoms with E-state index < -0.39 is 20.0 Å². The van der Waals surface area contributed by atoms with E-state index in [0.717, 1.165) is 5.56 Å². The van der Waals surface area contributed by atoms with Crippen molar-refractivity contribution in [3.8, 4) is 0 Å². The van der Waals surface area contributed by atoms with Gasteiger partial charge in [0.25, 0.3) is 15.9 Å². The Balaban J connectivity index is 1.13. The fourth-order valence-electron chi connectivity index (χ4n) is 4.49. The van der Waals surface area contributed by atoms with Crippen molar-refractivity contribution in [1.29, 1.82) is 0 Å². The molecule has 42 heavy (non-hydrogen) atoms. The molecule has 4 aromatic rings. The molecular formula is C29H30N6O5S2. The van der Waals surface area contributed by atoms with E-state index in [1.54, 1.807) is 55.5 Å². The van der Waals surface area contributed by atoms with Gasteiger partial charge in [0.2, 0.25) is 16.0 Å². The maximum Gasteiger partial charge on any atom is 0.264 e. The summed E-state index contributed by atoms with van der Waals surface area (Å²) < 4.78 is 54.9. The lowest BCUT2D eigenvalue weighted by Gasteiger charge is -2.34.